The molecule has 6 nitrogen and oxygen atoms in total. The van der Waals surface area contributed by atoms with Crippen LogP contribution >= 0.6 is 0 Å². The second-order valence-electron chi connectivity index (χ2n) is 4.11. The van der Waals surface area contributed by atoms with Gasteiger partial charge in [0.25, 0.3) is 0 Å². The molecule has 3 N–H and O–H groups in total. The smallest absolute Gasteiger partial charge is 0.241 e. The average molecular weight is 251 g/mol. The number of nitrogens with zero attached hydrogens (tertiary/aromatic N) is 3. The van der Waals surface area contributed by atoms with Crippen molar-refractivity contribution in [2.45, 2.75) is 27.2 Å². The number of hydrogen-bond donors (Lipinski definition) is 2. The van der Waals surface area contributed by atoms with Crippen molar-refractivity contribution >= 4 is 17.5 Å². The van der Waals surface area contributed by atoms with Gasteiger partial charge in [0, 0.05) is 25.6 Å². The van der Waals surface area contributed by atoms with E-state index < -0.39 is 0 Å². The van der Waals surface area contributed by atoms with Crippen LogP contribution in [0.3, 0.4) is 0 Å². The van der Waals surface area contributed by atoms with Crippen LogP contribution in [0.5, 0.6) is 0 Å². The van der Waals surface area contributed by atoms with Crippen molar-refractivity contribution in [1.29, 1.82) is 0 Å². The van der Waals surface area contributed by atoms with Crippen LogP contribution in [0.25, 0.3) is 0 Å². The lowest BCUT2D eigenvalue weighted by atomic mass is 10.3. The molecule has 0 aromatic carbocycles. The molecule has 0 aliphatic rings. The van der Waals surface area contributed by atoms with Crippen molar-refractivity contribution in [2.24, 2.45) is 0 Å². The fourth-order valence-electron chi connectivity index (χ4n) is 1.38. The van der Waals surface area contributed by atoms with E-state index in [0.717, 1.165) is 5.56 Å². The van der Waals surface area contributed by atoms with E-state index in [1.807, 2.05) is 20.8 Å². The van der Waals surface area contributed by atoms with Gasteiger partial charge in [-0.05, 0) is 13.8 Å². The maximum absolute atomic E-state index is 11.7. The van der Waals surface area contributed by atoms with E-state index in [0.29, 0.717) is 30.4 Å². The monoisotopic (exact) mass is 251 g/mol. The first kappa shape index (κ1) is 14.2. The van der Waals surface area contributed by atoms with Gasteiger partial charge in [-0.25, -0.2) is 9.97 Å². The highest BCUT2D eigenvalue weighted by Crippen LogP contribution is 2.17. The fraction of sp³-hybridized carbons (Fsp3) is 0.583. The minimum Gasteiger partial charge on any atom is -0.383 e. The number of aromatic nitrogens is 2. The van der Waals surface area contributed by atoms with Crippen molar-refractivity contribution in [2.75, 3.05) is 31.2 Å². The highest BCUT2D eigenvalue weighted by molar-refractivity contribution is 5.80. The number of amides is 1. The highest BCUT2D eigenvalue weighted by atomic mass is 16.2. The fourth-order valence-corrected chi connectivity index (χ4v) is 1.38. The second-order valence-corrected chi connectivity index (χ2v) is 4.11. The molecule has 1 amide bonds. The standard InChI is InChI=1S/C12H21N5O/c1-5-9-15-11(13)8(3)12(16-9)14-7-10(18)17(4)6-2/h5-7H2,1-4H3,(H3,13,14,15,16). The molecule has 0 fully saturated rings. The van der Waals surface area contributed by atoms with E-state index in [-0.39, 0.29) is 12.5 Å². The topological polar surface area (TPSA) is 84.1 Å². The SMILES string of the molecule is CCc1nc(N)c(C)c(NCC(=O)N(C)CC)n1. The summed E-state index contributed by atoms with van der Waals surface area (Å²) in [5, 5.41) is 3.02. The Kier molecular flexibility index (Phi) is 4.88. The second kappa shape index (κ2) is 6.18. The molecular formula is C12H21N5O. The van der Waals surface area contributed by atoms with Crippen LogP contribution in [0, 0.1) is 6.92 Å². The molecule has 1 heterocycles. The molecule has 0 saturated carbocycles. The molecule has 18 heavy (non-hydrogen) atoms. The highest BCUT2D eigenvalue weighted by Gasteiger charge is 2.10. The van der Waals surface area contributed by atoms with Crippen LogP contribution in [0.15, 0.2) is 0 Å². The number of carbonyl (C=O) groups is 1. The van der Waals surface area contributed by atoms with Crippen LogP contribution < -0.4 is 11.1 Å². The summed E-state index contributed by atoms with van der Waals surface area (Å²) in [7, 11) is 1.77. The summed E-state index contributed by atoms with van der Waals surface area (Å²) in [5.74, 6) is 1.79. The van der Waals surface area contributed by atoms with Crippen LogP contribution in [0.1, 0.15) is 25.2 Å². The molecule has 0 unspecified atom stereocenters. The number of likely N-dealkylation sites (N-methyl/N-ethyl adjacent to an activating group) is 1. The van der Waals surface area contributed by atoms with Crippen molar-refractivity contribution in [3.8, 4) is 0 Å². The maximum atomic E-state index is 11.7. The molecule has 6 heteroatoms. The molecule has 0 spiro atoms. The largest absolute Gasteiger partial charge is 0.383 e. The van der Waals surface area contributed by atoms with E-state index in [9.17, 15) is 4.79 Å². The van der Waals surface area contributed by atoms with Crippen molar-refractivity contribution in [1.82, 2.24) is 14.9 Å². The van der Waals surface area contributed by atoms with Crippen LogP contribution in [0.2, 0.25) is 0 Å². The lowest BCUT2D eigenvalue weighted by Crippen LogP contribution is -2.32. The molecule has 100 valence electrons. The van der Waals surface area contributed by atoms with Crippen LogP contribution in [0.4, 0.5) is 11.6 Å². The summed E-state index contributed by atoms with van der Waals surface area (Å²) in [6, 6.07) is 0. The van der Waals surface area contributed by atoms with Gasteiger partial charge in [0.2, 0.25) is 5.91 Å². The van der Waals surface area contributed by atoms with Gasteiger partial charge < -0.3 is 16.0 Å². The summed E-state index contributed by atoms with van der Waals surface area (Å²) in [4.78, 5) is 21.8. The van der Waals surface area contributed by atoms with Gasteiger partial charge in [-0.3, -0.25) is 4.79 Å². The zero-order valence-electron chi connectivity index (χ0n) is 11.4. The minimum absolute atomic E-state index is 0.0205. The average Bonchev–Trinajstić information content (AvgIpc) is 2.38. The molecule has 1 aromatic rings. The van der Waals surface area contributed by atoms with Gasteiger partial charge in [0.1, 0.15) is 17.5 Å². The number of aryl methyl sites for hydroxylation is 1. The van der Waals surface area contributed by atoms with Crippen molar-refractivity contribution in [3.05, 3.63) is 11.4 Å². The van der Waals surface area contributed by atoms with Gasteiger partial charge in [-0.2, -0.15) is 0 Å². The summed E-state index contributed by atoms with van der Waals surface area (Å²) in [6.45, 7) is 6.63. The summed E-state index contributed by atoms with van der Waals surface area (Å²) in [6.07, 6.45) is 0.710. The Morgan fingerprint density at radius 1 is 1.39 bits per heavy atom. The zero-order chi connectivity index (χ0) is 13.7. The first-order chi connectivity index (χ1) is 8.49. The summed E-state index contributed by atoms with van der Waals surface area (Å²) in [5.41, 5.74) is 6.58. The third-order valence-corrected chi connectivity index (χ3v) is 2.85. The Labute approximate surface area is 108 Å². The Balaban J connectivity index is 2.78. The van der Waals surface area contributed by atoms with E-state index in [4.69, 9.17) is 5.73 Å². The molecule has 0 atom stereocenters. The summed E-state index contributed by atoms with van der Waals surface area (Å²) >= 11 is 0. The molecule has 1 aromatic heterocycles. The molecule has 0 radical (unpaired) electrons. The number of hydrogen-bond acceptors (Lipinski definition) is 5. The van der Waals surface area contributed by atoms with Gasteiger partial charge >= 0.3 is 0 Å². The van der Waals surface area contributed by atoms with E-state index >= 15 is 0 Å². The van der Waals surface area contributed by atoms with Crippen LogP contribution in [-0.2, 0) is 11.2 Å². The van der Waals surface area contributed by atoms with Gasteiger partial charge in [-0.15, -0.1) is 0 Å². The molecular weight excluding hydrogens is 230 g/mol. The number of nitrogens with two attached hydrogens (primary N) is 1. The molecule has 0 aliphatic carbocycles. The Hall–Kier alpha value is -1.85. The Bertz CT molecular complexity index is 433. The molecule has 0 bridgehead atoms. The maximum Gasteiger partial charge on any atom is 0.241 e. The first-order valence-electron chi connectivity index (χ1n) is 6.10. The predicted octanol–water partition coefficient (Wildman–Crippen LogP) is 0.820. The van der Waals surface area contributed by atoms with E-state index in [1.165, 1.54) is 0 Å². The summed E-state index contributed by atoms with van der Waals surface area (Å²) < 4.78 is 0. The van der Waals surface area contributed by atoms with E-state index in [1.54, 1.807) is 11.9 Å². The molecule has 0 saturated heterocycles. The van der Waals surface area contributed by atoms with Gasteiger partial charge in [-0.1, -0.05) is 6.92 Å². The van der Waals surface area contributed by atoms with Crippen molar-refractivity contribution in [3.63, 3.8) is 0 Å². The normalized spacial score (nSPS) is 10.2. The Morgan fingerprint density at radius 2 is 2.06 bits per heavy atom. The number of carbonyl (C=O) groups excluding carboxylic acids is 1. The number of nitrogens with one attached hydrogen (secondary N) is 1. The third-order valence-electron chi connectivity index (χ3n) is 2.85. The van der Waals surface area contributed by atoms with Crippen molar-refractivity contribution < 1.29 is 4.79 Å². The number of rotatable bonds is 5. The minimum atomic E-state index is 0.0205. The predicted molar refractivity (Wildman–Crippen MR) is 72.4 cm³/mol. The third kappa shape index (κ3) is 3.32. The van der Waals surface area contributed by atoms with E-state index in [2.05, 4.69) is 15.3 Å². The van der Waals surface area contributed by atoms with Crippen LogP contribution in [-0.4, -0.2) is 40.9 Å². The van der Waals surface area contributed by atoms with Gasteiger partial charge in [0.15, 0.2) is 0 Å². The lowest BCUT2D eigenvalue weighted by Gasteiger charge is -2.16. The first-order valence-corrected chi connectivity index (χ1v) is 6.10. The van der Waals surface area contributed by atoms with Gasteiger partial charge in [0.05, 0.1) is 6.54 Å². The number of nitrogen functional groups attached to an aromatic ring is 1. The molecule has 1 rings (SSSR count). The molecule has 0 aliphatic heterocycles. The Morgan fingerprint density at radius 3 is 2.61 bits per heavy atom. The quantitative estimate of drug-likeness (QED) is 0.809. The lowest BCUT2D eigenvalue weighted by molar-refractivity contribution is -0.127. The number of anilines is 2. The zero-order valence-corrected chi connectivity index (χ0v) is 11.4.